The molecule has 0 spiro atoms. The highest BCUT2D eigenvalue weighted by Gasteiger charge is 2.10. The van der Waals surface area contributed by atoms with E-state index in [0.29, 0.717) is 22.6 Å². The quantitative estimate of drug-likeness (QED) is 0.365. The Bertz CT molecular complexity index is 907. The van der Waals surface area contributed by atoms with Gasteiger partial charge < -0.3 is 9.47 Å². The summed E-state index contributed by atoms with van der Waals surface area (Å²) in [5, 5.41) is 10.6. The van der Waals surface area contributed by atoms with Crippen LogP contribution in [0.3, 0.4) is 0 Å². The first-order valence-electron chi connectivity index (χ1n) is 7.85. The SMILES string of the molecule is O=C(OCc1ccc([N+](=O)[O-])cc1)c1cccc(Oc2ccccc2)c1. The molecule has 6 nitrogen and oxygen atoms in total. The molecule has 26 heavy (non-hydrogen) atoms. The van der Waals surface area contributed by atoms with Crippen molar-refractivity contribution < 1.29 is 19.2 Å². The fraction of sp³-hybridized carbons (Fsp3) is 0.0500. The second-order valence-electron chi connectivity index (χ2n) is 5.44. The smallest absolute Gasteiger partial charge is 0.338 e. The van der Waals surface area contributed by atoms with Crippen LogP contribution in [0.1, 0.15) is 15.9 Å². The third kappa shape index (κ3) is 4.45. The predicted molar refractivity (Wildman–Crippen MR) is 95.2 cm³/mol. The van der Waals surface area contributed by atoms with Crippen molar-refractivity contribution in [2.24, 2.45) is 0 Å². The highest BCUT2D eigenvalue weighted by Crippen LogP contribution is 2.22. The topological polar surface area (TPSA) is 78.7 Å². The van der Waals surface area contributed by atoms with Gasteiger partial charge in [0, 0.05) is 12.1 Å². The summed E-state index contributed by atoms with van der Waals surface area (Å²) in [6.07, 6.45) is 0. The maximum atomic E-state index is 12.2. The second-order valence-corrected chi connectivity index (χ2v) is 5.44. The van der Waals surface area contributed by atoms with E-state index in [-0.39, 0.29) is 12.3 Å². The Kier molecular flexibility index (Phi) is 5.24. The van der Waals surface area contributed by atoms with Crippen molar-refractivity contribution in [2.75, 3.05) is 0 Å². The van der Waals surface area contributed by atoms with Crippen molar-refractivity contribution in [3.63, 3.8) is 0 Å². The molecule has 6 heteroatoms. The minimum atomic E-state index is -0.498. The highest BCUT2D eigenvalue weighted by atomic mass is 16.6. The van der Waals surface area contributed by atoms with Crippen LogP contribution in [0.2, 0.25) is 0 Å². The zero-order chi connectivity index (χ0) is 18.4. The van der Waals surface area contributed by atoms with E-state index in [1.54, 1.807) is 36.4 Å². The lowest BCUT2D eigenvalue weighted by Gasteiger charge is -2.08. The molecule has 0 aliphatic rings. The Hall–Kier alpha value is -3.67. The molecule has 0 heterocycles. The zero-order valence-electron chi connectivity index (χ0n) is 13.7. The van der Waals surface area contributed by atoms with E-state index in [0.717, 1.165) is 0 Å². The van der Waals surface area contributed by atoms with Gasteiger partial charge in [0.15, 0.2) is 0 Å². The molecule has 0 atom stereocenters. The number of carbonyl (C=O) groups excluding carboxylic acids is 1. The van der Waals surface area contributed by atoms with E-state index < -0.39 is 10.9 Å². The summed E-state index contributed by atoms with van der Waals surface area (Å²) in [5.74, 6) is 0.701. The van der Waals surface area contributed by atoms with Crippen molar-refractivity contribution in [1.82, 2.24) is 0 Å². The van der Waals surface area contributed by atoms with E-state index in [1.165, 1.54) is 12.1 Å². The zero-order valence-corrected chi connectivity index (χ0v) is 13.7. The average molecular weight is 349 g/mol. The molecule has 0 unspecified atom stereocenters. The van der Waals surface area contributed by atoms with Gasteiger partial charge >= 0.3 is 5.97 Å². The Balaban J connectivity index is 1.62. The molecule has 0 bridgehead atoms. The van der Waals surface area contributed by atoms with Gasteiger partial charge in [-0.15, -0.1) is 0 Å². The van der Waals surface area contributed by atoms with Crippen LogP contribution in [0, 0.1) is 10.1 Å². The average Bonchev–Trinajstić information content (AvgIpc) is 2.67. The van der Waals surface area contributed by atoms with Crippen LogP contribution >= 0.6 is 0 Å². The molecule has 130 valence electrons. The highest BCUT2D eigenvalue weighted by molar-refractivity contribution is 5.89. The van der Waals surface area contributed by atoms with Gasteiger partial charge in [0.25, 0.3) is 5.69 Å². The van der Waals surface area contributed by atoms with Gasteiger partial charge in [-0.05, 0) is 48.0 Å². The van der Waals surface area contributed by atoms with Gasteiger partial charge in [-0.25, -0.2) is 4.79 Å². The molecule has 0 aliphatic heterocycles. The molecule has 0 saturated heterocycles. The van der Waals surface area contributed by atoms with Crippen LogP contribution in [-0.4, -0.2) is 10.9 Å². The van der Waals surface area contributed by atoms with Gasteiger partial charge in [0.2, 0.25) is 0 Å². The molecule has 0 aromatic heterocycles. The van der Waals surface area contributed by atoms with Crippen molar-refractivity contribution in [1.29, 1.82) is 0 Å². The Labute approximate surface area is 149 Å². The molecule has 0 radical (unpaired) electrons. The number of rotatable bonds is 6. The van der Waals surface area contributed by atoms with Crippen molar-refractivity contribution in [3.8, 4) is 11.5 Å². The monoisotopic (exact) mass is 349 g/mol. The fourth-order valence-electron chi connectivity index (χ4n) is 2.26. The first-order chi connectivity index (χ1) is 12.6. The number of hydrogen-bond donors (Lipinski definition) is 0. The lowest BCUT2D eigenvalue weighted by atomic mass is 10.2. The molecule has 0 amide bonds. The van der Waals surface area contributed by atoms with E-state index in [9.17, 15) is 14.9 Å². The number of hydrogen-bond acceptors (Lipinski definition) is 5. The van der Waals surface area contributed by atoms with Crippen molar-refractivity contribution in [2.45, 2.75) is 6.61 Å². The summed E-state index contributed by atoms with van der Waals surface area (Å²) in [4.78, 5) is 22.4. The molecule has 3 aromatic rings. The van der Waals surface area contributed by atoms with Gasteiger partial charge in [-0.2, -0.15) is 0 Å². The summed E-state index contributed by atoms with van der Waals surface area (Å²) in [6, 6.07) is 21.8. The van der Waals surface area contributed by atoms with Crippen LogP contribution in [-0.2, 0) is 11.3 Å². The first kappa shape index (κ1) is 17.2. The van der Waals surface area contributed by atoms with E-state index >= 15 is 0 Å². The molecule has 3 aromatic carbocycles. The number of para-hydroxylation sites is 1. The van der Waals surface area contributed by atoms with Crippen LogP contribution in [0.15, 0.2) is 78.9 Å². The summed E-state index contributed by atoms with van der Waals surface area (Å²) >= 11 is 0. The molecular formula is C20H15NO5. The fourth-order valence-corrected chi connectivity index (χ4v) is 2.26. The maximum Gasteiger partial charge on any atom is 0.338 e. The largest absolute Gasteiger partial charge is 0.457 e. The molecule has 3 rings (SSSR count). The number of ether oxygens (including phenoxy) is 2. The minimum Gasteiger partial charge on any atom is -0.457 e. The second kappa shape index (κ2) is 7.94. The number of nitro groups is 1. The third-order valence-corrected chi connectivity index (χ3v) is 3.57. The molecule has 0 saturated carbocycles. The Morgan fingerprint density at radius 3 is 2.27 bits per heavy atom. The van der Waals surface area contributed by atoms with E-state index in [4.69, 9.17) is 9.47 Å². The van der Waals surface area contributed by atoms with Crippen LogP contribution in [0.25, 0.3) is 0 Å². The molecule has 0 aliphatic carbocycles. The summed E-state index contributed by atoms with van der Waals surface area (Å²) in [6.45, 7) is 0.0284. The third-order valence-electron chi connectivity index (χ3n) is 3.57. The molecule has 0 fully saturated rings. The lowest BCUT2D eigenvalue weighted by Crippen LogP contribution is -2.05. The van der Waals surface area contributed by atoms with Crippen molar-refractivity contribution >= 4 is 11.7 Å². The number of esters is 1. The number of nitrogens with zero attached hydrogens (tertiary/aromatic N) is 1. The summed E-state index contributed by atoms with van der Waals surface area (Å²) in [5.41, 5.74) is 1.02. The van der Waals surface area contributed by atoms with E-state index in [1.807, 2.05) is 30.3 Å². The number of benzene rings is 3. The Morgan fingerprint density at radius 1 is 0.885 bits per heavy atom. The number of carbonyl (C=O) groups is 1. The van der Waals surface area contributed by atoms with Crippen LogP contribution in [0.4, 0.5) is 5.69 Å². The first-order valence-corrected chi connectivity index (χ1v) is 7.85. The standard InChI is InChI=1S/C20H15NO5/c22-20(25-14-15-9-11-17(12-10-15)21(23)24)16-5-4-8-19(13-16)26-18-6-2-1-3-7-18/h1-13H,14H2. The van der Waals surface area contributed by atoms with Crippen molar-refractivity contribution in [3.05, 3.63) is 100 Å². The predicted octanol–water partition coefficient (Wildman–Crippen LogP) is 4.74. The van der Waals surface area contributed by atoms with Gasteiger partial charge in [0.1, 0.15) is 18.1 Å². The lowest BCUT2D eigenvalue weighted by molar-refractivity contribution is -0.384. The normalized spacial score (nSPS) is 10.2. The van der Waals surface area contributed by atoms with Crippen LogP contribution < -0.4 is 4.74 Å². The van der Waals surface area contributed by atoms with Gasteiger partial charge in [-0.3, -0.25) is 10.1 Å². The summed E-state index contributed by atoms with van der Waals surface area (Å²) < 4.78 is 11.0. The maximum absolute atomic E-state index is 12.2. The summed E-state index contributed by atoms with van der Waals surface area (Å²) in [7, 11) is 0. The molecule has 0 N–H and O–H groups in total. The van der Waals surface area contributed by atoms with Crippen LogP contribution in [0.5, 0.6) is 11.5 Å². The minimum absolute atomic E-state index is 0.00848. The molecular weight excluding hydrogens is 334 g/mol. The number of non-ortho nitro benzene ring substituents is 1. The number of nitro benzene ring substituents is 1. The van der Waals surface area contributed by atoms with Gasteiger partial charge in [-0.1, -0.05) is 24.3 Å². The van der Waals surface area contributed by atoms with E-state index in [2.05, 4.69) is 0 Å². The van der Waals surface area contributed by atoms with Gasteiger partial charge in [0.05, 0.1) is 10.5 Å². The Morgan fingerprint density at radius 2 is 1.58 bits per heavy atom.